The van der Waals surface area contributed by atoms with Gasteiger partial charge in [0.2, 0.25) is 0 Å². The Morgan fingerprint density at radius 1 is 0.727 bits per heavy atom. The minimum atomic E-state index is -6.97. The van der Waals surface area contributed by atoms with Gasteiger partial charge in [0, 0.05) is 0 Å². The molecule has 0 fully saturated rings. The molecule has 0 aromatic heterocycles. The Bertz CT molecular complexity index is 404. The summed E-state index contributed by atoms with van der Waals surface area (Å²) >= 11 is 0. The second kappa shape index (κ2) is 7.02. The zero-order valence-corrected chi connectivity index (χ0v) is 12.9. The zero-order valence-electron chi connectivity index (χ0n) is 9.79. The van der Waals surface area contributed by atoms with Crippen LogP contribution in [0.5, 0.6) is 0 Å². The van der Waals surface area contributed by atoms with Crippen LogP contribution in [-0.4, -0.2) is 36.6 Å². The Balaban J connectivity index is 0. The molecule has 0 spiro atoms. The third-order valence-corrected chi connectivity index (χ3v) is 1.48. The fourth-order valence-corrected chi connectivity index (χ4v) is 0.656. The molecule has 0 N–H and O–H groups in total. The van der Waals surface area contributed by atoms with Crippen molar-refractivity contribution < 1.29 is 119 Å². The van der Waals surface area contributed by atoms with Gasteiger partial charge in [-0.1, -0.05) is 0 Å². The monoisotopic (exact) mass is 384 g/mol. The number of hydrogen-bond acceptors (Lipinski definition) is 4. The van der Waals surface area contributed by atoms with E-state index < -0.39 is 36.6 Å². The molecule has 0 rings (SSSR count). The molecule has 0 aromatic rings. The van der Waals surface area contributed by atoms with Gasteiger partial charge in [-0.05, 0) is 0 Å². The molecule has 0 radical (unpaired) electrons. The molecule has 0 aliphatic rings. The maximum absolute atomic E-state index is 12.7. The van der Waals surface area contributed by atoms with Gasteiger partial charge < -0.3 is 9.90 Å². The summed E-state index contributed by atoms with van der Waals surface area (Å²) < 4.78 is 135. The summed E-state index contributed by atoms with van der Waals surface area (Å²) in [6.45, 7) is 0. The van der Waals surface area contributed by atoms with Crippen LogP contribution in [0.25, 0.3) is 0 Å². The van der Waals surface area contributed by atoms with E-state index in [-0.39, 0.29) is 51.4 Å². The SMILES string of the molecule is O=C([O-])C(F)(OC(F)(F)C(F)(F)OC(F)(F)F)C(F)(F)F.[K+]. The molecule has 1 atom stereocenters. The molecule has 126 valence electrons. The van der Waals surface area contributed by atoms with Crippen molar-refractivity contribution in [1.82, 2.24) is 0 Å². The van der Waals surface area contributed by atoms with Crippen LogP contribution in [-0.2, 0) is 14.3 Å². The Morgan fingerprint density at radius 3 is 1.27 bits per heavy atom. The van der Waals surface area contributed by atoms with E-state index in [1.165, 1.54) is 4.74 Å². The molecular formula is C6F11KO4. The number of rotatable bonds is 5. The Labute approximate surface area is 154 Å². The van der Waals surface area contributed by atoms with Crippen LogP contribution >= 0.6 is 0 Å². The largest absolute Gasteiger partial charge is 1.00 e. The van der Waals surface area contributed by atoms with Gasteiger partial charge in [-0.2, -0.15) is 35.1 Å². The van der Waals surface area contributed by atoms with Crippen LogP contribution in [0.3, 0.4) is 0 Å². The molecular weight excluding hydrogens is 384 g/mol. The summed E-state index contributed by atoms with van der Waals surface area (Å²) in [7, 11) is 0. The molecule has 0 bridgehead atoms. The maximum atomic E-state index is 12.7. The molecule has 0 saturated heterocycles. The summed E-state index contributed by atoms with van der Waals surface area (Å²) in [5, 5.41) is 9.79. The van der Waals surface area contributed by atoms with Gasteiger partial charge in [-0.3, -0.25) is 4.74 Å². The molecule has 0 heterocycles. The van der Waals surface area contributed by atoms with Crippen molar-refractivity contribution in [3.63, 3.8) is 0 Å². The first kappa shape index (κ1) is 24.5. The Morgan fingerprint density at radius 2 is 1.05 bits per heavy atom. The molecule has 0 aromatic carbocycles. The smallest absolute Gasteiger partial charge is 0.544 e. The number of alkyl halides is 11. The number of halogens is 11. The number of carboxylic acids is 1. The summed E-state index contributed by atoms with van der Waals surface area (Å²) in [6.07, 6.45) is -27.2. The van der Waals surface area contributed by atoms with Gasteiger partial charge >= 0.3 is 82.0 Å². The number of carboxylic acid groups (broad SMARTS) is 1. The van der Waals surface area contributed by atoms with E-state index in [4.69, 9.17) is 0 Å². The number of aliphatic carboxylic acids is 1. The van der Waals surface area contributed by atoms with E-state index in [0.29, 0.717) is 0 Å². The van der Waals surface area contributed by atoms with Crippen LogP contribution in [0.4, 0.5) is 48.3 Å². The Kier molecular flexibility index (Phi) is 7.82. The molecule has 4 nitrogen and oxygen atoms in total. The number of carbonyl (C=O) groups is 1. The first-order valence-corrected chi connectivity index (χ1v) is 4.05. The minimum Gasteiger partial charge on any atom is -0.544 e. The van der Waals surface area contributed by atoms with Crippen LogP contribution in [0, 0.1) is 0 Å². The fourth-order valence-electron chi connectivity index (χ4n) is 0.656. The second-order valence-corrected chi connectivity index (χ2v) is 3.06. The number of hydrogen-bond donors (Lipinski definition) is 0. The van der Waals surface area contributed by atoms with Gasteiger partial charge in [-0.15, -0.1) is 13.2 Å². The summed E-state index contributed by atoms with van der Waals surface area (Å²) in [6, 6.07) is 0. The summed E-state index contributed by atoms with van der Waals surface area (Å²) in [5.41, 5.74) is 0. The average Bonchev–Trinajstić information content (AvgIpc) is 2.09. The van der Waals surface area contributed by atoms with Gasteiger partial charge in [0.15, 0.2) is 0 Å². The topological polar surface area (TPSA) is 58.6 Å². The van der Waals surface area contributed by atoms with E-state index in [1.807, 2.05) is 0 Å². The molecule has 0 amide bonds. The van der Waals surface area contributed by atoms with Crippen LogP contribution in [0.15, 0.2) is 0 Å². The third kappa shape index (κ3) is 5.71. The second-order valence-electron chi connectivity index (χ2n) is 3.06. The predicted molar refractivity (Wildman–Crippen MR) is 33.0 cm³/mol. The van der Waals surface area contributed by atoms with Crippen molar-refractivity contribution in [3.05, 3.63) is 0 Å². The molecule has 0 aliphatic heterocycles. The molecule has 1 unspecified atom stereocenters. The Hall–Kier alpha value is 0.256. The van der Waals surface area contributed by atoms with Crippen LogP contribution in [0.1, 0.15) is 0 Å². The third-order valence-electron chi connectivity index (χ3n) is 1.48. The van der Waals surface area contributed by atoms with Crippen molar-refractivity contribution >= 4 is 5.97 Å². The van der Waals surface area contributed by atoms with Crippen molar-refractivity contribution in [2.75, 3.05) is 0 Å². The summed E-state index contributed by atoms with van der Waals surface area (Å²) in [5.74, 6) is -10.6. The number of ether oxygens (including phenoxy) is 2. The maximum Gasteiger partial charge on any atom is 1.00 e. The normalized spacial score (nSPS) is 16.7. The fraction of sp³-hybridized carbons (Fsp3) is 0.833. The molecule has 22 heavy (non-hydrogen) atoms. The van der Waals surface area contributed by atoms with E-state index in [0.717, 1.165) is 0 Å². The first-order chi connectivity index (χ1) is 8.86. The standard InChI is InChI=1S/C6HF11O4.K/c7-2(1(18)19,3(8,9)10)20-4(11,12)5(13,14)21-6(15,16)17;/h(H,18,19);/q;+1/p-1. The van der Waals surface area contributed by atoms with Crippen molar-refractivity contribution in [2.24, 2.45) is 0 Å². The van der Waals surface area contributed by atoms with Gasteiger partial charge in [0.25, 0.3) is 0 Å². The van der Waals surface area contributed by atoms with Crippen LogP contribution in [0.2, 0.25) is 0 Å². The van der Waals surface area contributed by atoms with Crippen LogP contribution < -0.4 is 56.5 Å². The van der Waals surface area contributed by atoms with E-state index in [9.17, 15) is 58.2 Å². The van der Waals surface area contributed by atoms with Gasteiger partial charge in [0.05, 0.1) is 0 Å². The van der Waals surface area contributed by atoms with Crippen molar-refractivity contribution in [1.29, 1.82) is 0 Å². The average molecular weight is 384 g/mol. The van der Waals surface area contributed by atoms with Crippen molar-refractivity contribution in [2.45, 2.75) is 30.6 Å². The van der Waals surface area contributed by atoms with E-state index in [2.05, 4.69) is 0 Å². The first-order valence-electron chi connectivity index (χ1n) is 4.05. The molecule has 0 aliphatic carbocycles. The quantitative estimate of drug-likeness (QED) is 0.437. The van der Waals surface area contributed by atoms with Crippen molar-refractivity contribution in [3.8, 4) is 0 Å². The zero-order chi connectivity index (χ0) is 17.5. The minimum absolute atomic E-state index is 0. The molecule has 0 saturated carbocycles. The summed E-state index contributed by atoms with van der Waals surface area (Å²) in [4.78, 5) is 9.79. The predicted octanol–water partition coefficient (Wildman–Crippen LogP) is -1.29. The molecule has 16 heteroatoms. The van der Waals surface area contributed by atoms with Gasteiger partial charge in [-0.25, -0.2) is 4.74 Å². The van der Waals surface area contributed by atoms with Gasteiger partial charge in [0.1, 0.15) is 5.97 Å². The number of carbonyl (C=O) groups excluding carboxylic acids is 1. The van der Waals surface area contributed by atoms with E-state index >= 15 is 0 Å². The van der Waals surface area contributed by atoms with E-state index in [1.54, 1.807) is 4.74 Å².